The molecular weight excluding hydrogens is 418 g/mol. The highest BCUT2D eigenvalue weighted by Crippen LogP contribution is 2.28. The molecular formula is C19H18ClN3O5S. The number of hydrogen-bond donors (Lipinski definition) is 3. The van der Waals surface area contributed by atoms with Gasteiger partial charge in [-0.25, -0.2) is 18.5 Å². The molecule has 0 atom stereocenters. The lowest BCUT2D eigenvalue weighted by Gasteiger charge is -2.11. The van der Waals surface area contributed by atoms with Gasteiger partial charge >= 0.3 is 0 Å². The van der Waals surface area contributed by atoms with Crippen LogP contribution in [0.5, 0.6) is 5.88 Å². The third-order valence-corrected chi connectivity index (χ3v) is 5.30. The van der Waals surface area contributed by atoms with Gasteiger partial charge in [0.05, 0.1) is 23.4 Å². The summed E-state index contributed by atoms with van der Waals surface area (Å²) in [5.41, 5.74) is 1.11. The number of aromatic nitrogens is 1. The molecule has 1 amide bonds. The molecule has 0 aliphatic heterocycles. The molecule has 3 aromatic rings. The van der Waals surface area contributed by atoms with Crippen LogP contribution in [0.15, 0.2) is 53.4 Å². The normalized spacial score (nSPS) is 11.4. The molecule has 2 aromatic carbocycles. The van der Waals surface area contributed by atoms with Gasteiger partial charge in [0.1, 0.15) is 6.61 Å². The molecule has 4 N–H and O–H groups in total. The second kappa shape index (κ2) is 8.75. The molecule has 1 heterocycles. The zero-order valence-electron chi connectivity index (χ0n) is 15.1. The number of anilines is 1. The molecule has 0 radical (unpaired) electrons. The highest BCUT2D eigenvalue weighted by Gasteiger charge is 2.17. The summed E-state index contributed by atoms with van der Waals surface area (Å²) in [6.45, 7) is -0.158. The molecule has 0 saturated heterocycles. The molecule has 3 rings (SSSR count). The van der Waals surface area contributed by atoms with E-state index < -0.39 is 10.0 Å². The lowest BCUT2D eigenvalue weighted by molar-refractivity contribution is -0.115. The summed E-state index contributed by atoms with van der Waals surface area (Å²) >= 11 is 6.08. The number of ether oxygens (including phenoxy) is 1. The van der Waals surface area contributed by atoms with Crippen LogP contribution in [0.4, 0.5) is 5.69 Å². The third kappa shape index (κ3) is 5.21. The van der Waals surface area contributed by atoms with Crippen LogP contribution >= 0.6 is 11.6 Å². The van der Waals surface area contributed by atoms with Crippen molar-refractivity contribution < 1.29 is 23.1 Å². The van der Waals surface area contributed by atoms with Crippen molar-refractivity contribution in [2.45, 2.75) is 11.3 Å². The van der Waals surface area contributed by atoms with E-state index in [0.717, 1.165) is 0 Å². The number of nitrogens with one attached hydrogen (secondary N) is 1. The number of nitrogens with zero attached hydrogens (tertiary/aromatic N) is 1. The van der Waals surface area contributed by atoms with E-state index in [2.05, 4.69) is 10.3 Å². The fourth-order valence-electron chi connectivity index (χ4n) is 2.74. The van der Waals surface area contributed by atoms with Gasteiger partial charge in [0.25, 0.3) is 0 Å². The molecule has 1 aromatic heterocycles. The van der Waals surface area contributed by atoms with Crippen molar-refractivity contribution in [1.29, 1.82) is 0 Å². The molecule has 0 saturated carbocycles. The zero-order valence-corrected chi connectivity index (χ0v) is 16.7. The van der Waals surface area contributed by atoms with Crippen molar-refractivity contribution in [1.82, 2.24) is 4.98 Å². The number of halogens is 1. The molecule has 8 nitrogen and oxygen atoms in total. The van der Waals surface area contributed by atoms with E-state index in [4.69, 9.17) is 26.6 Å². The quantitative estimate of drug-likeness (QED) is 0.520. The summed E-state index contributed by atoms with van der Waals surface area (Å²) in [5.74, 6) is -0.183. The standard InChI is InChI=1S/C19H18ClN3O5S/c20-15-4-2-1-3-12(15)9-18(25)22-13-10-16-14(17(11-13)29(21,26)27)5-6-19(23-16)28-8-7-24/h1-6,10-11,24H,7-9H2,(H,22,25)(H2,21,26,27). The van der Waals surface area contributed by atoms with Crippen LogP contribution in [0.3, 0.4) is 0 Å². The van der Waals surface area contributed by atoms with Crippen LogP contribution in [0.25, 0.3) is 10.9 Å². The van der Waals surface area contributed by atoms with Crippen LogP contribution in [0.1, 0.15) is 5.56 Å². The number of carbonyl (C=O) groups excluding carboxylic acids is 1. The highest BCUT2D eigenvalue weighted by molar-refractivity contribution is 7.89. The molecule has 0 unspecified atom stereocenters. The van der Waals surface area contributed by atoms with Crippen molar-refractivity contribution in [2.24, 2.45) is 5.14 Å². The summed E-state index contributed by atoms with van der Waals surface area (Å²) in [4.78, 5) is 16.5. The Hall–Kier alpha value is -2.72. The summed E-state index contributed by atoms with van der Waals surface area (Å²) < 4.78 is 29.3. The zero-order chi connectivity index (χ0) is 21.0. The molecule has 10 heteroatoms. The monoisotopic (exact) mass is 435 g/mol. The lowest BCUT2D eigenvalue weighted by Crippen LogP contribution is -2.17. The predicted molar refractivity (Wildman–Crippen MR) is 109 cm³/mol. The third-order valence-electron chi connectivity index (χ3n) is 3.98. The first kappa shape index (κ1) is 21.0. The first-order valence-corrected chi connectivity index (χ1v) is 10.4. The van der Waals surface area contributed by atoms with Crippen molar-refractivity contribution in [3.63, 3.8) is 0 Å². The number of primary sulfonamides is 1. The Kier molecular flexibility index (Phi) is 6.33. The van der Waals surface area contributed by atoms with Crippen LogP contribution < -0.4 is 15.2 Å². The minimum atomic E-state index is -4.08. The van der Waals surface area contributed by atoms with Crippen LogP contribution in [-0.4, -0.2) is 37.6 Å². The number of amides is 1. The van der Waals surface area contributed by atoms with Crippen molar-refractivity contribution in [2.75, 3.05) is 18.5 Å². The number of nitrogens with two attached hydrogens (primary N) is 1. The number of benzene rings is 2. The van der Waals surface area contributed by atoms with E-state index in [1.807, 2.05) is 0 Å². The smallest absolute Gasteiger partial charge is 0.238 e. The second-order valence-electron chi connectivity index (χ2n) is 6.12. The largest absolute Gasteiger partial charge is 0.475 e. The van der Waals surface area contributed by atoms with Gasteiger partial charge in [0.2, 0.25) is 21.8 Å². The number of aliphatic hydroxyl groups excluding tert-OH is 1. The number of sulfonamides is 1. The molecule has 0 spiro atoms. The number of rotatable bonds is 7. The Bertz CT molecular complexity index is 1170. The summed E-state index contributed by atoms with van der Waals surface area (Å²) in [5, 5.41) is 17.6. The lowest BCUT2D eigenvalue weighted by atomic mass is 10.1. The predicted octanol–water partition coefficient (Wildman–Crippen LogP) is 2.09. The van der Waals surface area contributed by atoms with E-state index in [1.54, 1.807) is 24.3 Å². The maximum absolute atomic E-state index is 12.4. The minimum absolute atomic E-state index is 0.00942. The van der Waals surface area contributed by atoms with Gasteiger partial charge in [-0.1, -0.05) is 29.8 Å². The SMILES string of the molecule is NS(=O)(=O)c1cc(NC(=O)Cc2ccccc2Cl)cc2nc(OCCO)ccc12. The first-order chi connectivity index (χ1) is 13.8. The number of fused-ring (bicyclic) bond motifs is 1. The van der Waals surface area contributed by atoms with E-state index in [1.165, 1.54) is 24.3 Å². The number of aliphatic hydroxyl groups is 1. The maximum Gasteiger partial charge on any atom is 0.238 e. The van der Waals surface area contributed by atoms with Crippen molar-refractivity contribution in [3.8, 4) is 5.88 Å². The number of pyridine rings is 1. The molecule has 0 bridgehead atoms. The van der Waals surface area contributed by atoms with Gasteiger partial charge in [0, 0.05) is 22.2 Å². The maximum atomic E-state index is 12.4. The Morgan fingerprint density at radius 2 is 1.97 bits per heavy atom. The van der Waals surface area contributed by atoms with E-state index in [9.17, 15) is 13.2 Å². The Labute approximate surface area is 172 Å². The molecule has 0 aliphatic rings. The van der Waals surface area contributed by atoms with Crippen LogP contribution in [0, 0.1) is 0 Å². The Balaban J connectivity index is 1.96. The van der Waals surface area contributed by atoms with E-state index in [0.29, 0.717) is 10.6 Å². The fraction of sp³-hybridized carbons (Fsp3) is 0.158. The number of hydrogen-bond acceptors (Lipinski definition) is 6. The first-order valence-electron chi connectivity index (χ1n) is 8.52. The van der Waals surface area contributed by atoms with Crippen LogP contribution in [-0.2, 0) is 21.2 Å². The molecule has 0 aliphatic carbocycles. The Morgan fingerprint density at radius 1 is 1.21 bits per heavy atom. The molecule has 152 valence electrons. The van der Waals surface area contributed by atoms with Crippen molar-refractivity contribution in [3.05, 3.63) is 59.1 Å². The van der Waals surface area contributed by atoms with Gasteiger partial charge in [0.15, 0.2) is 0 Å². The van der Waals surface area contributed by atoms with Gasteiger partial charge in [-0.15, -0.1) is 0 Å². The van der Waals surface area contributed by atoms with Gasteiger partial charge in [-0.05, 0) is 29.8 Å². The number of carbonyl (C=O) groups is 1. The van der Waals surface area contributed by atoms with Gasteiger partial charge < -0.3 is 15.2 Å². The highest BCUT2D eigenvalue weighted by atomic mass is 35.5. The van der Waals surface area contributed by atoms with E-state index >= 15 is 0 Å². The van der Waals surface area contributed by atoms with Crippen LogP contribution in [0.2, 0.25) is 5.02 Å². The second-order valence-corrected chi connectivity index (χ2v) is 8.06. The topological polar surface area (TPSA) is 132 Å². The Morgan fingerprint density at radius 3 is 2.66 bits per heavy atom. The van der Waals surface area contributed by atoms with Gasteiger partial charge in [-0.3, -0.25) is 4.79 Å². The average molecular weight is 436 g/mol. The van der Waals surface area contributed by atoms with Crippen molar-refractivity contribution >= 4 is 44.1 Å². The molecule has 0 fully saturated rings. The fourth-order valence-corrected chi connectivity index (χ4v) is 3.71. The average Bonchev–Trinajstić information content (AvgIpc) is 2.66. The van der Waals surface area contributed by atoms with Gasteiger partial charge in [-0.2, -0.15) is 0 Å². The van der Waals surface area contributed by atoms with E-state index in [-0.39, 0.29) is 52.9 Å². The summed E-state index contributed by atoms with van der Waals surface area (Å²) in [6, 6.07) is 12.7. The minimum Gasteiger partial charge on any atom is -0.475 e. The summed E-state index contributed by atoms with van der Waals surface area (Å²) in [6.07, 6.45) is 0.00942. The summed E-state index contributed by atoms with van der Waals surface area (Å²) in [7, 11) is -4.08. The molecule has 29 heavy (non-hydrogen) atoms.